The quantitative estimate of drug-likeness (QED) is 0.589. The SMILES string of the molecule is O=C(NCC1(Sc2ccccc2)CCOCC1)C1c2ccccc2Oc2ccccc21. The Bertz CT molecular complexity index is 1020. The first-order valence-electron chi connectivity index (χ1n) is 10.7. The lowest BCUT2D eigenvalue weighted by Gasteiger charge is -2.37. The van der Waals surface area contributed by atoms with Crippen LogP contribution in [0.2, 0.25) is 0 Å². The Labute approximate surface area is 187 Å². The highest BCUT2D eigenvalue weighted by molar-refractivity contribution is 8.00. The maximum atomic E-state index is 13.6. The summed E-state index contributed by atoms with van der Waals surface area (Å²) in [6.45, 7) is 2.05. The number of carbonyl (C=O) groups excluding carboxylic acids is 1. The third-order valence-corrected chi connectivity index (χ3v) is 7.50. The van der Waals surface area contributed by atoms with Gasteiger partial charge in [-0.05, 0) is 37.1 Å². The molecule has 2 aliphatic rings. The Morgan fingerprint density at radius 1 is 0.871 bits per heavy atom. The van der Waals surface area contributed by atoms with Gasteiger partial charge in [-0.15, -0.1) is 11.8 Å². The van der Waals surface area contributed by atoms with E-state index in [2.05, 4.69) is 29.6 Å². The van der Waals surface area contributed by atoms with E-state index in [1.807, 2.05) is 66.4 Å². The zero-order valence-corrected chi connectivity index (χ0v) is 18.1. The van der Waals surface area contributed by atoms with Crippen LogP contribution in [0.25, 0.3) is 0 Å². The van der Waals surface area contributed by atoms with E-state index in [4.69, 9.17) is 9.47 Å². The molecule has 4 nitrogen and oxygen atoms in total. The number of fused-ring (bicyclic) bond motifs is 2. The lowest BCUT2D eigenvalue weighted by atomic mass is 9.87. The number of rotatable bonds is 5. The largest absolute Gasteiger partial charge is 0.457 e. The van der Waals surface area contributed by atoms with Crippen LogP contribution in [-0.4, -0.2) is 30.4 Å². The molecule has 0 saturated carbocycles. The molecule has 1 amide bonds. The predicted octanol–water partition coefficient (Wildman–Crippen LogP) is 5.38. The molecule has 5 heteroatoms. The molecule has 1 N–H and O–H groups in total. The number of para-hydroxylation sites is 2. The molecule has 31 heavy (non-hydrogen) atoms. The van der Waals surface area contributed by atoms with E-state index in [-0.39, 0.29) is 16.6 Å². The number of benzene rings is 3. The number of carbonyl (C=O) groups is 1. The third kappa shape index (κ3) is 4.21. The van der Waals surface area contributed by atoms with Crippen LogP contribution in [0.3, 0.4) is 0 Å². The van der Waals surface area contributed by atoms with Gasteiger partial charge < -0.3 is 14.8 Å². The van der Waals surface area contributed by atoms with Gasteiger partial charge in [0.15, 0.2) is 0 Å². The molecule has 1 saturated heterocycles. The maximum absolute atomic E-state index is 13.6. The normalized spacial score (nSPS) is 17.2. The van der Waals surface area contributed by atoms with E-state index in [9.17, 15) is 4.79 Å². The number of hydrogen-bond donors (Lipinski definition) is 1. The van der Waals surface area contributed by atoms with Crippen LogP contribution in [0, 0.1) is 0 Å². The number of amides is 1. The van der Waals surface area contributed by atoms with Gasteiger partial charge in [0.05, 0.1) is 5.92 Å². The number of thioether (sulfide) groups is 1. The summed E-state index contributed by atoms with van der Waals surface area (Å²) in [5.41, 5.74) is 1.82. The zero-order chi connectivity index (χ0) is 21.1. The molecule has 3 aromatic carbocycles. The van der Waals surface area contributed by atoms with E-state index in [1.165, 1.54) is 4.90 Å². The molecule has 0 spiro atoms. The summed E-state index contributed by atoms with van der Waals surface area (Å²) in [6.07, 6.45) is 1.82. The molecule has 0 unspecified atom stereocenters. The Kier molecular flexibility index (Phi) is 5.70. The average molecular weight is 432 g/mol. The highest BCUT2D eigenvalue weighted by Gasteiger charge is 2.37. The van der Waals surface area contributed by atoms with Crippen molar-refractivity contribution in [2.45, 2.75) is 28.4 Å². The van der Waals surface area contributed by atoms with E-state index in [0.29, 0.717) is 6.54 Å². The standard InChI is InChI=1S/C26H25NO3S/c28-25(24-20-10-4-6-12-22(20)30-23-13-7-5-11-21(23)24)27-18-26(14-16-29-17-15-26)31-19-8-2-1-3-9-19/h1-13,24H,14-18H2,(H,27,28). The first-order valence-corrected chi connectivity index (χ1v) is 11.5. The fourth-order valence-electron chi connectivity index (χ4n) is 4.34. The zero-order valence-electron chi connectivity index (χ0n) is 17.3. The Hall–Kier alpha value is -2.76. The maximum Gasteiger partial charge on any atom is 0.232 e. The van der Waals surface area contributed by atoms with Crippen LogP contribution in [0.5, 0.6) is 11.5 Å². The highest BCUT2D eigenvalue weighted by Crippen LogP contribution is 2.44. The summed E-state index contributed by atoms with van der Waals surface area (Å²) in [5, 5.41) is 3.29. The molecule has 0 radical (unpaired) electrons. The first kappa shape index (κ1) is 20.2. The van der Waals surface area contributed by atoms with Crippen molar-refractivity contribution >= 4 is 17.7 Å². The monoisotopic (exact) mass is 431 g/mol. The molecule has 158 valence electrons. The summed E-state index contributed by atoms with van der Waals surface area (Å²) < 4.78 is 11.6. The number of ether oxygens (including phenoxy) is 2. The van der Waals surface area contributed by atoms with Crippen molar-refractivity contribution in [1.82, 2.24) is 5.32 Å². The van der Waals surface area contributed by atoms with Crippen molar-refractivity contribution in [3.8, 4) is 11.5 Å². The highest BCUT2D eigenvalue weighted by atomic mass is 32.2. The van der Waals surface area contributed by atoms with Crippen molar-refractivity contribution in [3.63, 3.8) is 0 Å². The van der Waals surface area contributed by atoms with Gasteiger partial charge in [0.25, 0.3) is 0 Å². The first-order chi connectivity index (χ1) is 15.2. The lowest BCUT2D eigenvalue weighted by molar-refractivity contribution is -0.122. The number of hydrogen-bond acceptors (Lipinski definition) is 4. The molecule has 2 aliphatic heterocycles. The van der Waals surface area contributed by atoms with Crippen LogP contribution >= 0.6 is 11.8 Å². The summed E-state index contributed by atoms with van der Waals surface area (Å²) in [4.78, 5) is 14.8. The summed E-state index contributed by atoms with van der Waals surface area (Å²) in [5.74, 6) is 1.14. The van der Waals surface area contributed by atoms with Gasteiger partial charge in [-0.3, -0.25) is 4.79 Å². The molecule has 0 aliphatic carbocycles. The number of nitrogens with one attached hydrogen (secondary N) is 1. The second-order valence-corrected chi connectivity index (χ2v) is 9.58. The Balaban J connectivity index is 1.39. The second-order valence-electron chi connectivity index (χ2n) is 8.04. The van der Waals surface area contributed by atoms with Crippen molar-refractivity contribution < 1.29 is 14.3 Å². The molecule has 0 bridgehead atoms. The van der Waals surface area contributed by atoms with E-state index < -0.39 is 0 Å². The topological polar surface area (TPSA) is 47.6 Å². The fourth-order valence-corrected chi connectivity index (χ4v) is 5.65. The Morgan fingerprint density at radius 3 is 2.10 bits per heavy atom. The molecular formula is C26H25NO3S. The fraction of sp³-hybridized carbons (Fsp3) is 0.269. The third-order valence-electron chi connectivity index (χ3n) is 6.01. The van der Waals surface area contributed by atoms with Crippen molar-refractivity contribution in [2.75, 3.05) is 19.8 Å². The minimum absolute atomic E-state index is 0.0164. The van der Waals surface area contributed by atoms with Crippen molar-refractivity contribution in [2.24, 2.45) is 0 Å². The van der Waals surface area contributed by atoms with Crippen LogP contribution in [0.4, 0.5) is 0 Å². The molecule has 5 rings (SSSR count). The lowest BCUT2D eigenvalue weighted by Crippen LogP contribution is -2.45. The van der Waals surface area contributed by atoms with Gasteiger partial charge in [-0.25, -0.2) is 0 Å². The minimum atomic E-state index is -0.375. The molecule has 0 atom stereocenters. The summed E-state index contributed by atoms with van der Waals surface area (Å²) in [6, 6.07) is 26.0. The van der Waals surface area contributed by atoms with Crippen LogP contribution in [-0.2, 0) is 9.53 Å². The van der Waals surface area contributed by atoms with Crippen molar-refractivity contribution in [1.29, 1.82) is 0 Å². The van der Waals surface area contributed by atoms with Crippen LogP contribution in [0.1, 0.15) is 29.9 Å². The van der Waals surface area contributed by atoms with E-state index in [1.54, 1.807) is 0 Å². The van der Waals surface area contributed by atoms with Gasteiger partial charge in [0.2, 0.25) is 5.91 Å². The van der Waals surface area contributed by atoms with Gasteiger partial charge in [0, 0.05) is 40.5 Å². The molecule has 1 fully saturated rings. The van der Waals surface area contributed by atoms with Gasteiger partial charge in [-0.1, -0.05) is 54.6 Å². The molecule has 3 aromatic rings. The van der Waals surface area contributed by atoms with Gasteiger partial charge in [-0.2, -0.15) is 0 Å². The second kappa shape index (κ2) is 8.77. The van der Waals surface area contributed by atoms with E-state index in [0.717, 1.165) is 48.7 Å². The molecular weight excluding hydrogens is 406 g/mol. The van der Waals surface area contributed by atoms with Crippen LogP contribution < -0.4 is 10.1 Å². The average Bonchev–Trinajstić information content (AvgIpc) is 2.82. The Morgan fingerprint density at radius 2 is 1.45 bits per heavy atom. The predicted molar refractivity (Wildman–Crippen MR) is 123 cm³/mol. The summed E-state index contributed by atoms with van der Waals surface area (Å²) in [7, 11) is 0. The van der Waals surface area contributed by atoms with Crippen LogP contribution in [0.15, 0.2) is 83.8 Å². The van der Waals surface area contributed by atoms with Gasteiger partial charge in [0.1, 0.15) is 11.5 Å². The smallest absolute Gasteiger partial charge is 0.232 e. The van der Waals surface area contributed by atoms with Gasteiger partial charge >= 0.3 is 0 Å². The van der Waals surface area contributed by atoms with E-state index >= 15 is 0 Å². The minimum Gasteiger partial charge on any atom is -0.457 e. The van der Waals surface area contributed by atoms with Crippen molar-refractivity contribution in [3.05, 3.63) is 90.0 Å². The molecule has 0 aromatic heterocycles. The summed E-state index contributed by atoms with van der Waals surface area (Å²) >= 11 is 1.85. The molecule has 2 heterocycles.